The van der Waals surface area contributed by atoms with Crippen molar-refractivity contribution in [1.29, 1.82) is 0 Å². The SMILES string of the molecule is CNC(=O)C(C)N(Cc1ccc(C)cc1)C(=O)CN(c1ccccc1F)S(=O)(=O)c1ccc(C)cc1. The highest BCUT2D eigenvalue weighted by Gasteiger charge is 2.33. The molecule has 0 aliphatic carbocycles. The van der Waals surface area contributed by atoms with Crippen LogP contribution in [0, 0.1) is 19.7 Å². The zero-order valence-corrected chi connectivity index (χ0v) is 21.5. The Kier molecular flexibility index (Phi) is 8.47. The average molecular weight is 512 g/mol. The first kappa shape index (κ1) is 26.9. The first-order chi connectivity index (χ1) is 17.0. The van der Waals surface area contributed by atoms with Crippen LogP contribution in [0.3, 0.4) is 0 Å². The van der Waals surface area contributed by atoms with Crippen molar-refractivity contribution in [3.05, 3.63) is 95.3 Å². The van der Waals surface area contributed by atoms with Crippen LogP contribution in [0.2, 0.25) is 0 Å². The lowest BCUT2D eigenvalue weighted by atomic mass is 10.1. The molecule has 0 radical (unpaired) electrons. The van der Waals surface area contributed by atoms with Crippen molar-refractivity contribution in [1.82, 2.24) is 10.2 Å². The third-order valence-electron chi connectivity index (χ3n) is 5.90. The number of aryl methyl sites for hydroxylation is 2. The van der Waals surface area contributed by atoms with Gasteiger partial charge in [-0.1, -0.05) is 59.7 Å². The maximum Gasteiger partial charge on any atom is 0.264 e. The van der Waals surface area contributed by atoms with Crippen LogP contribution >= 0.6 is 0 Å². The lowest BCUT2D eigenvalue weighted by Gasteiger charge is -2.31. The van der Waals surface area contributed by atoms with E-state index in [-0.39, 0.29) is 17.1 Å². The van der Waals surface area contributed by atoms with E-state index >= 15 is 0 Å². The number of hydrogen-bond acceptors (Lipinski definition) is 4. The molecule has 3 rings (SSSR count). The third-order valence-corrected chi connectivity index (χ3v) is 7.67. The number of rotatable bonds is 9. The summed E-state index contributed by atoms with van der Waals surface area (Å²) in [6.45, 7) is 4.69. The van der Waals surface area contributed by atoms with Gasteiger partial charge < -0.3 is 10.2 Å². The van der Waals surface area contributed by atoms with Crippen LogP contribution < -0.4 is 9.62 Å². The average Bonchev–Trinajstić information content (AvgIpc) is 2.86. The summed E-state index contributed by atoms with van der Waals surface area (Å²) in [6.07, 6.45) is 0. The molecular weight excluding hydrogens is 481 g/mol. The van der Waals surface area contributed by atoms with Crippen molar-refractivity contribution in [2.24, 2.45) is 0 Å². The Hall–Kier alpha value is -3.72. The Balaban J connectivity index is 2.04. The van der Waals surface area contributed by atoms with E-state index in [1.165, 1.54) is 42.3 Å². The standard InChI is InChI=1S/C27H30FN3O4S/c1-19-9-13-22(14-10-19)17-30(21(3)27(33)29-4)26(32)18-31(25-8-6-5-7-24(25)28)36(34,35)23-15-11-20(2)12-16-23/h5-16,21H,17-18H2,1-4H3,(H,29,33). The van der Waals surface area contributed by atoms with E-state index in [9.17, 15) is 22.4 Å². The van der Waals surface area contributed by atoms with Gasteiger partial charge in [0, 0.05) is 13.6 Å². The van der Waals surface area contributed by atoms with E-state index in [0.29, 0.717) is 0 Å². The quantitative estimate of drug-likeness (QED) is 0.474. The molecule has 190 valence electrons. The summed E-state index contributed by atoms with van der Waals surface area (Å²) in [5.41, 5.74) is 2.40. The van der Waals surface area contributed by atoms with Gasteiger partial charge in [0.05, 0.1) is 10.6 Å². The van der Waals surface area contributed by atoms with Gasteiger partial charge >= 0.3 is 0 Å². The molecule has 0 spiro atoms. The molecule has 36 heavy (non-hydrogen) atoms. The first-order valence-electron chi connectivity index (χ1n) is 11.4. The fraction of sp³-hybridized carbons (Fsp3) is 0.259. The van der Waals surface area contributed by atoms with Gasteiger partial charge in [0.2, 0.25) is 11.8 Å². The van der Waals surface area contributed by atoms with Crippen LogP contribution in [0.4, 0.5) is 10.1 Å². The van der Waals surface area contributed by atoms with E-state index in [1.54, 1.807) is 19.1 Å². The minimum Gasteiger partial charge on any atom is -0.357 e. The fourth-order valence-corrected chi connectivity index (χ4v) is 5.11. The molecule has 3 aromatic rings. The van der Waals surface area contributed by atoms with Gasteiger partial charge in [-0.25, -0.2) is 12.8 Å². The van der Waals surface area contributed by atoms with E-state index in [4.69, 9.17) is 0 Å². The molecule has 0 bridgehead atoms. The van der Waals surface area contributed by atoms with Gasteiger partial charge in [-0.05, 0) is 50.6 Å². The highest BCUT2D eigenvalue weighted by molar-refractivity contribution is 7.92. The number of para-hydroxylation sites is 1. The van der Waals surface area contributed by atoms with Crippen molar-refractivity contribution >= 4 is 27.5 Å². The molecule has 0 aliphatic rings. The summed E-state index contributed by atoms with van der Waals surface area (Å²) in [5, 5.41) is 2.53. The van der Waals surface area contributed by atoms with Gasteiger partial charge in [-0.15, -0.1) is 0 Å². The predicted molar refractivity (Wildman–Crippen MR) is 137 cm³/mol. The predicted octanol–water partition coefficient (Wildman–Crippen LogP) is 3.80. The Bertz CT molecular complexity index is 1330. The number of sulfonamides is 1. The number of carbonyl (C=O) groups excluding carboxylic acids is 2. The molecule has 0 saturated carbocycles. The maximum absolute atomic E-state index is 14.8. The minimum absolute atomic E-state index is 0.0728. The minimum atomic E-state index is -4.31. The summed E-state index contributed by atoms with van der Waals surface area (Å²) in [5.74, 6) is -1.84. The van der Waals surface area contributed by atoms with E-state index in [2.05, 4.69) is 5.32 Å². The first-order valence-corrected chi connectivity index (χ1v) is 12.9. The molecule has 0 aliphatic heterocycles. The van der Waals surface area contributed by atoms with Crippen LogP contribution in [-0.4, -0.2) is 44.8 Å². The molecule has 0 aromatic heterocycles. The normalized spacial score (nSPS) is 12.0. The van der Waals surface area contributed by atoms with Gasteiger partial charge in [-0.3, -0.25) is 13.9 Å². The lowest BCUT2D eigenvalue weighted by Crippen LogP contribution is -2.50. The lowest BCUT2D eigenvalue weighted by molar-refractivity contribution is -0.139. The van der Waals surface area contributed by atoms with Crippen molar-refractivity contribution < 1.29 is 22.4 Å². The highest BCUT2D eigenvalue weighted by atomic mass is 32.2. The largest absolute Gasteiger partial charge is 0.357 e. The van der Waals surface area contributed by atoms with Crippen molar-refractivity contribution in [2.45, 2.75) is 38.3 Å². The monoisotopic (exact) mass is 511 g/mol. The second-order valence-corrected chi connectivity index (χ2v) is 10.4. The van der Waals surface area contributed by atoms with E-state index in [1.807, 2.05) is 38.1 Å². The Labute approximate surface area is 211 Å². The highest BCUT2D eigenvalue weighted by Crippen LogP contribution is 2.27. The summed E-state index contributed by atoms with van der Waals surface area (Å²) >= 11 is 0. The summed E-state index contributed by atoms with van der Waals surface area (Å²) < 4.78 is 42.8. The summed E-state index contributed by atoms with van der Waals surface area (Å²) in [7, 11) is -2.85. The number of nitrogens with one attached hydrogen (secondary N) is 1. The van der Waals surface area contributed by atoms with Gasteiger partial charge in [0.1, 0.15) is 18.4 Å². The molecule has 2 amide bonds. The molecule has 1 atom stereocenters. The number of halogens is 1. The number of hydrogen-bond donors (Lipinski definition) is 1. The van der Waals surface area contributed by atoms with E-state index in [0.717, 1.165) is 27.1 Å². The topological polar surface area (TPSA) is 86.8 Å². The zero-order valence-electron chi connectivity index (χ0n) is 20.7. The van der Waals surface area contributed by atoms with Crippen molar-refractivity contribution in [2.75, 3.05) is 17.9 Å². The van der Waals surface area contributed by atoms with E-state index < -0.39 is 40.2 Å². The van der Waals surface area contributed by atoms with Crippen LogP contribution in [0.15, 0.2) is 77.7 Å². The molecule has 0 saturated heterocycles. The summed E-state index contributed by atoms with van der Waals surface area (Å²) in [6, 6.07) is 18.0. The Morgan fingerprint density at radius 2 is 1.47 bits per heavy atom. The van der Waals surface area contributed by atoms with Gasteiger partial charge in [0.15, 0.2) is 0 Å². The van der Waals surface area contributed by atoms with Crippen LogP contribution in [0.25, 0.3) is 0 Å². The molecule has 1 unspecified atom stereocenters. The number of nitrogens with zero attached hydrogens (tertiary/aromatic N) is 2. The number of amides is 2. The second-order valence-electron chi connectivity index (χ2n) is 8.57. The Morgan fingerprint density at radius 1 is 0.917 bits per heavy atom. The van der Waals surface area contributed by atoms with Gasteiger partial charge in [0.25, 0.3) is 10.0 Å². The molecule has 1 N–H and O–H groups in total. The number of likely N-dealkylation sites (N-methyl/N-ethyl adjacent to an activating group) is 1. The molecular formula is C27H30FN3O4S. The fourth-order valence-electron chi connectivity index (χ4n) is 3.69. The molecule has 0 fully saturated rings. The number of benzene rings is 3. The van der Waals surface area contributed by atoms with Crippen molar-refractivity contribution in [3.8, 4) is 0 Å². The van der Waals surface area contributed by atoms with Crippen LogP contribution in [0.5, 0.6) is 0 Å². The van der Waals surface area contributed by atoms with Crippen molar-refractivity contribution in [3.63, 3.8) is 0 Å². The molecule has 7 nitrogen and oxygen atoms in total. The summed E-state index contributed by atoms with van der Waals surface area (Å²) in [4.78, 5) is 27.3. The van der Waals surface area contributed by atoms with Crippen LogP contribution in [-0.2, 0) is 26.2 Å². The number of anilines is 1. The maximum atomic E-state index is 14.8. The van der Waals surface area contributed by atoms with Crippen LogP contribution in [0.1, 0.15) is 23.6 Å². The third kappa shape index (κ3) is 6.09. The molecule has 0 heterocycles. The van der Waals surface area contributed by atoms with Gasteiger partial charge in [-0.2, -0.15) is 0 Å². The molecule has 9 heteroatoms. The Morgan fingerprint density at radius 3 is 2.03 bits per heavy atom. The molecule has 3 aromatic carbocycles. The smallest absolute Gasteiger partial charge is 0.264 e. The zero-order chi connectivity index (χ0) is 26.5. The number of carbonyl (C=O) groups is 2. The second kappa shape index (κ2) is 11.3.